The first-order valence-corrected chi connectivity index (χ1v) is 12.0. The van der Waals surface area contributed by atoms with Crippen molar-refractivity contribution in [3.05, 3.63) is 88.7 Å². The molecule has 7 nitrogen and oxygen atoms in total. The predicted octanol–water partition coefficient (Wildman–Crippen LogP) is 4.26. The van der Waals surface area contributed by atoms with Crippen LogP contribution in [0, 0.1) is 26.6 Å². The highest BCUT2D eigenvalue weighted by Crippen LogP contribution is 2.22. The molecule has 178 valence electrons. The molecule has 0 fully saturated rings. The van der Waals surface area contributed by atoms with Crippen LogP contribution >= 0.6 is 0 Å². The summed E-state index contributed by atoms with van der Waals surface area (Å²) in [7, 11) is -2.38. The van der Waals surface area contributed by atoms with Crippen LogP contribution in [0.2, 0.25) is 0 Å². The number of hydrogen-bond donors (Lipinski definition) is 2. The minimum absolute atomic E-state index is 0.0844. The minimum atomic E-state index is -3.90. The highest BCUT2D eigenvalue weighted by atomic mass is 32.2. The van der Waals surface area contributed by atoms with Crippen LogP contribution < -0.4 is 10.0 Å². The summed E-state index contributed by atoms with van der Waals surface area (Å²) in [5.41, 5.74) is 4.25. The van der Waals surface area contributed by atoms with E-state index in [1.54, 1.807) is 0 Å². The SMILES string of the molecule is Cc1cc(C)c(NC(=O)CN(C)C(=O)c2ccc(NS(=O)(=O)c3ccc(F)cc3)cc2)c(C)c1. The molecule has 2 N–H and O–H groups in total. The zero-order chi connectivity index (χ0) is 25.0. The second-order valence-corrected chi connectivity index (χ2v) is 9.80. The van der Waals surface area contributed by atoms with E-state index in [2.05, 4.69) is 10.0 Å². The molecule has 0 aliphatic carbocycles. The summed E-state index contributed by atoms with van der Waals surface area (Å²) in [6, 6.07) is 14.2. The molecule has 0 unspecified atom stereocenters. The lowest BCUT2D eigenvalue weighted by Crippen LogP contribution is -2.35. The summed E-state index contributed by atoms with van der Waals surface area (Å²) in [4.78, 5) is 26.4. The van der Waals surface area contributed by atoms with Crippen LogP contribution in [0.5, 0.6) is 0 Å². The van der Waals surface area contributed by atoms with Gasteiger partial charge in [-0.1, -0.05) is 17.7 Å². The van der Waals surface area contributed by atoms with Crippen LogP contribution in [0.1, 0.15) is 27.0 Å². The Hall–Kier alpha value is -3.72. The van der Waals surface area contributed by atoms with Crippen molar-refractivity contribution in [2.75, 3.05) is 23.6 Å². The summed E-state index contributed by atoms with van der Waals surface area (Å²) in [5.74, 6) is -1.25. The third-order valence-corrected chi connectivity index (χ3v) is 6.57. The van der Waals surface area contributed by atoms with Crippen molar-refractivity contribution >= 4 is 33.2 Å². The van der Waals surface area contributed by atoms with Gasteiger partial charge in [-0.05, 0) is 80.4 Å². The van der Waals surface area contributed by atoms with E-state index in [4.69, 9.17) is 0 Å². The molecular weight excluding hydrogens is 457 g/mol. The van der Waals surface area contributed by atoms with E-state index in [1.165, 1.54) is 36.2 Å². The lowest BCUT2D eigenvalue weighted by molar-refractivity contribution is -0.116. The first kappa shape index (κ1) is 24.9. The summed E-state index contributed by atoms with van der Waals surface area (Å²) in [5, 5.41) is 2.86. The van der Waals surface area contributed by atoms with Gasteiger partial charge in [0.15, 0.2) is 0 Å². The highest BCUT2D eigenvalue weighted by molar-refractivity contribution is 7.92. The third-order valence-electron chi connectivity index (χ3n) is 5.18. The Bertz CT molecular complexity index is 1300. The molecule has 0 saturated carbocycles. The topological polar surface area (TPSA) is 95.6 Å². The van der Waals surface area contributed by atoms with Gasteiger partial charge in [-0.3, -0.25) is 14.3 Å². The third kappa shape index (κ3) is 5.99. The van der Waals surface area contributed by atoms with Gasteiger partial charge in [0.25, 0.3) is 15.9 Å². The van der Waals surface area contributed by atoms with E-state index < -0.39 is 15.8 Å². The van der Waals surface area contributed by atoms with Gasteiger partial charge in [0.05, 0.1) is 11.4 Å². The number of halogens is 1. The first-order valence-electron chi connectivity index (χ1n) is 10.5. The molecular formula is C25H26FN3O4S. The quantitative estimate of drug-likeness (QED) is 0.525. The number of aryl methyl sites for hydroxylation is 3. The van der Waals surface area contributed by atoms with E-state index in [0.717, 1.165) is 46.6 Å². The Labute approximate surface area is 198 Å². The molecule has 0 aliphatic heterocycles. The maximum atomic E-state index is 13.0. The maximum absolute atomic E-state index is 13.0. The van der Waals surface area contributed by atoms with Crippen molar-refractivity contribution in [1.82, 2.24) is 4.90 Å². The maximum Gasteiger partial charge on any atom is 0.261 e. The number of amides is 2. The van der Waals surface area contributed by atoms with Crippen LogP contribution in [0.3, 0.4) is 0 Å². The normalized spacial score (nSPS) is 11.1. The van der Waals surface area contributed by atoms with E-state index in [0.29, 0.717) is 5.56 Å². The van der Waals surface area contributed by atoms with E-state index in [9.17, 15) is 22.4 Å². The summed E-state index contributed by atoms with van der Waals surface area (Å²) in [6.45, 7) is 5.66. The molecule has 3 aromatic carbocycles. The first-order chi connectivity index (χ1) is 16.0. The smallest absolute Gasteiger partial charge is 0.261 e. The summed E-state index contributed by atoms with van der Waals surface area (Å²) >= 11 is 0. The predicted molar refractivity (Wildman–Crippen MR) is 130 cm³/mol. The summed E-state index contributed by atoms with van der Waals surface area (Å²) < 4.78 is 40.3. The number of rotatable bonds is 7. The zero-order valence-corrected chi connectivity index (χ0v) is 20.2. The number of benzene rings is 3. The van der Waals surface area contributed by atoms with Gasteiger partial charge in [-0.25, -0.2) is 12.8 Å². The summed E-state index contributed by atoms with van der Waals surface area (Å²) in [6.07, 6.45) is 0. The number of nitrogens with zero attached hydrogens (tertiary/aromatic N) is 1. The molecule has 3 aromatic rings. The van der Waals surface area contributed by atoms with E-state index >= 15 is 0 Å². The molecule has 2 amide bonds. The average Bonchev–Trinajstić information content (AvgIpc) is 2.76. The molecule has 0 radical (unpaired) electrons. The zero-order valence-electron chi connectivity index (χ0n) is 19.3. The van der Waals surface area contributed by atoms with Crippen LogP contribution in [0.15, 0.2) is 65.6 Å². The number of likely N-dealkylation sites (N-methyl/N-ethyl adjacent to an activating group) is 1. The molecule has 3 rings (SSSR count). The molecule has 34 heavy (non-hydrogen) atoms. The van der Waals surface area contributed by atoms with Crippen molar-refractivity contribution in [3.8, 4) is 0 Å². The van der Waals surface area contributed by atoms with E-state index in [-0.39, 0.29) is 28.9 Å². The Morgan fingerprint density at radius 1 is 0.912 bits per heavy atom. The number of nitrogens with one attached hydrogen (secondary N) is 2. The van der Waals surface area contributed by atoms with Crippen LogP contribution in [0.4, 0.5) is 15.8 Å². The van der Waals surface area contributed by atoms with Crippen molar-refractivity contribution in [2.24, 2.45) is 0 Å². The van der Waals surface area contributed by atoms with Gasteiger partial charge < -0.3 is 10.2 Å². The van der Waals surface area contributed by atoms with Crippen LogP contribution in [-0.2, 0) is 14.8 Å². The van der Waals surface area contributed by atoms with Gasteiger partial charge in [0, 0.05) is 24.0 Å². The Balaban J connectivity index is 1.63. The Morgan fingerprint density at radius 2 is 1.47 bits per heavy atom. The van der Waals surface area contributed by atoms with Crippen molar-refractivity contribution in [2.45, 2.75) is 25.7 Å². The number of sulfonamides is 1. The number of anilines is 2. The van der Waals surface area contributed by atoms with Gasteiger partial charge >= 0.3 is 0 Å². The van der Waals surface area contributed by atoms with Crippen molar-refractivity contribution in [1.29, 1.82) is 0 Å². The lowest BCUT2D eigenvalue weighted by atomic mass is 10.1. The molecule has 0 heterocycles. The fourth-order valence-electron chi connectivity index (χ4n) is 3.57. The minimum Gasteiger partial charge on any atom is -0.332 e. The number of carbonyl (C=O) groups is 2. The van der Waals surface area contributed by atoms with Gasteiger partial charge in [0.1, 0.15) is 5.82 Å². The molecule has 0 bridgehead atoms. The van der Waals surface area contributed by atoms with Crippen molar-refractivity contribution < 1.29 is 22.4 Å². The van der Waals surface area contributed by atoms with Crippen LogP contribution in [-0.4, -0.2) is 38.7 Å². The molecule has 0 aromatic heterocycles. The molecule has 0 saturated heterocycles. The van der Waals surface area contributed by atoms with Gasteiger partial charge in [-0.2, -0.15) is 0 Å². The standard InChI is InChI=1S/C25H26FN3O4S/c1-16-13-17(2)24(18(3)14-16)27-23(30)15-29(4)25(31)19-5-9-21(10-6-19)28-34(32,33)22-11-7-20(26)8-12-22/h5-14,28H,15H2,1-4H3,(H,27,30). The highest BCUT2D eigenvalue weighted by Gasteiger charge is 2.18. The van der Waals surface area contributed by atoms with Crippen LogP contribution in [0.25, 0.3) is 0 Å². The number of hydrogen-bond acceptors (Lipinski definition) is 4. The monoisotopic (exact) mass is 483 g/mol. The van der Waals surface area contributed by atoms with Gasteiger partial charge in [-0.15, -0.1) is 0 Å². The fraction of sp³-hybridized carbons (Fsp3) is 0.200. The van der Waals surface area contributed by atoms with Gasteiger partial charge in [0.2, 0.25) is 5.91 Å². The van der Waals surface area contributed by atoms with Crippen molar-refractivity contribution in [3.63, 3.8) is 0 Å². The lowest BCUT2D eigenvalue weighted by Gasteiger charge is -2.19. The van der Waals surface area contributed by atoms with E-state index in [1.807, 2.05) is 32.9 Å². The average molecular weight is 484 g/mol. The Kier molecular flexibility index (Phi) is 7.36. The molecule has 0 aliphatic rings. The number of carbonyl (C=O) groups excluding carboxylic acids is 2. The molecule has 0 spiro atoms. The largest absolute Gasteiger partial charge is 0.332 e. The molecule has 0 atom stereocenters. The molecule has 9 heteroatoms. The fourth-order valence-corrected chi connectivity index (χ4v) is 4.63. The second kappa shape index (κ2) is 10.0. The second-order valence-electron chi connectivity index (χ2n) is 8.12. The Morgan fingerprint density at radius 3 is 2.03 bits per heavy atom.